The molecule has 160 valence electrons. The first kappa shape index (κ1) is 21.3. The Morgan fingerprint density at radius 3 is 1.42 bits per heavy atom. The highest BCUT2D eigenvalue weighted by atomic mass is 32.1. The molecule has 0 radical (unpaired) electrons. The lowest BCUT2D eigenvalue weighted by Gasteiger charge is -2.38. The van der Waals surface area contributed by atoms with E-state index in [4.69, 9.17) is 25.3 Å². The van der Waals surface area contributed by atoms with Crippen molar-refractivity contribution in [3.05, 3.63) is 48.5 Å². The summed E-state index contributed by atoms with van der Waals surface area (Å²) in [7, 11) is -1.52. The lowest BCUT2D eigenvalue weighted by atomic mass is 10.2. The number of aromatic nitrogens is 8. The van der Waals surface area contributed by atoms with Crippen molar-refractivity contribution in [2.24, 2.45) is 0 Å². The Morgan fingerprint density at radius 1 is 0.742 bits per heavy atom. The fourth-order valence-corrected chi connectivity index (χ4v) is 4.60. The summed E-state index contributed by atoms with van der Waals surface area (Å²) < 4.78 is 3.08. The van der Waals surface area contributed by atoms with Crippen molar-refractivity contribution in [2.75, 3.05) is 4.90 Å². The SMILES string of the molecule is CC(N(c1ccc(-n2nnnc2[S-])cc1)c1ccc(-n2nnnc2[S-])cc1)[Si](C)(C)C. The Labute approximate surface area is 192 Å². The Kier molecular flexibility index (Phi) is 5.69. The highest BCUT2D eigenvalue weighted by Gasteiger charge is 2.29. The van der Waals surface area contributed by atoms with Crippen molar-refractivity contribution in [1.82, 2.24) is 40.4 Å². The molecular weight excluding hydrogens is 446 g/mol. The van der Waals surface area contributed by atoms with E-state index in [9.17, 15) is 0 Å². The van der Waals surface area contributed by atoms with Crippen molar-refractivity contribution >= 4 is 44.7 Å². The first-order valence-electron chi connectivity index (χ1n) is 9.66. The van der Waals surface area contributed by atoms with Gasteiger partial charge in [-0.3, -0.25) is 0 Å². The summed E-state index contributed by atoms with van der Waals surface area (Å²) in [6, 6.07) is 16.2. The molecule has 2 aromatic heterocycles. The van der Waals surface area contributed by atoms with Gasteiger partial charge < -0.3 is 30.2 Å². The molecule has 0 bridgehead atoms. The molecule has 0 amide bonds. The van der Waals surface area contributed by atoms with Gasteiger partial charge in [0.2, 0.25) is 0 Å². The van der Waals surface area contributed by atoms with E-state index in [-0.39, 0.29) is 0 Å². The predicted octanol–water partition coefficient (Wildman–Crippen LogP) is 2.85. The second-order valence-corrected chi connectivity index (χ2v) is 14.5. The largest absolute Gasteiger partial charge is 0.738 e. The quantitative estimate of drug-likeness (QED) is 0.313. The Bertz CT molecular complexity index is 1080. The average Bonchev–Trinajstić information content (AvgIpc) is 3.36. The summed E-state index contributed by atoms with van der Waals surface area (Å²) in [5, 5.41) is 23.4. The summed E-state index contributed by atoms with van der Waals surface area (Å²) in [4.78, 5) is 2.36. The number of anilines is 2. The van der Waals surface area contributed by atoms with Gasteiger partial charge in [-0.25, -0.2) is 9.36 Å². The van der Waals surface area contributed by atoms with Crippen LogP contribution >= 0.6 is 0 Å². The van der Waals surface area contributed by atoms with Gasteiger partial charge in [-0.1, -0.05) is 19.6 Å². The van der Waals surface area contributed by atoms with Crippen LogP contribution in [0, 0.1) is 0 Å². The van der Waals surface area contributed by atoms with E-state index in [1.807, 2.05) is 24.3 Å². The van der Waals surface area contributed by atoms with Gasteiger partial charge in [0.05, 0.1) is 19.4 Å². The van der Waals surface area contributed by atoms with E-state index in [0.717, 1.165) is 22.7 Å². The molecule has 0 saturated heterocycles. The zero-order valence-electron chi connectivity index (χ0n) is 17.5. The molecule has 4 aromatic rings. The minimum absolute atomic E-state index is 0.333. The second kappa shape index (κ2) is 8.28. The van der Waals surface area contributed by atoms with Crippen molar-refractivity contribution in [2.45, 2.75) is 42.5 Å². The molecule has 0 saturated carbocycles. The summed E-state index contributed by atoms with van der Waals surface area (Å²) in [5.41, 5.74) is 4.15. The molecule has 1 atom stereocenters. The third-order valence-corrected chi connectivity index (χ3v) is 8.54. The molecule has 0 N–H and O–H groups in total. The van der Waals surface area contributed by atoms with Crippen LogP contribution < -0.4 is 4.90 Å². The van der Waals surface area contributed by atoms with Crippen molar-refractivity contribution in [3.63, 3.8) is 0 Å². The lowest BCUT2D eigenvalue weighted by molar-refractivity contribution is 0.756. The maximum atomic E-state index is 5.17. The maximum Gasteiger partial charge on any atom is 0.0706 e. The van der Waals surface area contributed by atoms with E-state index in [0.29, 0.717) is 16.0 Å². The fourth-order valence-electron chi connectivity index (χ4n) is 3.17. The minimum atomic E-state index is -1.52. The number of rotatable bonds is 6. The number of tetrazole rings is 2. The molecule has 0 fully saturated rings. The normalized spacial score (nSPS) is 12.6. The van der Waals surface area contributed by atoms with Crippen molar-refractivity contribution < 1.29 is 0 Å². The predicted molar refractivity (Wildman–Crippen MR) is 125 cm³/mol. The van der Waals surface area contributed by atoms with E-state index >= 15 is 0 Å². The molecule has 0 spiro atoms. The van der Waals surface area contributed by atoms with Gasteiger partial charge in [0.15, 0.2) is 0 Å². The third-order valence-electron chi connectivity index (χ3n) is 5.27. The molecule has 2 aromatic carbocycles. The monoisotopic (exact) mass is 467 g/mol. The molecule has 2 heterocycles. The molecule has 0 aliphatic carbocycles. The molecule has 9 nitrogen and oxygen atoms in total. The minimum Gasteiger partial charge on any atom is -0.738 e. The van der Waals surface area contributed by atoms with Crippen LogP contribution in [0.25, 0.3) is 11.4 Å². The lowest BCUT2D eigenvalue weighted by Crippen LogP contribution is -2.47. The summed E-state index contributed by atoms with van der Waals surface area (Å²) >= 11 is 10.3. The Balaban J connectivity index is 1.71. The number of benzene rings is 2. The van der Waals surface area contributed by atoms with E-state index in [1.54, 1.807) is 9.36 Å². The zero-order chi connectivity index (χ0) is 22.2. The van der Waals surface area contributed by atoms with E-state index in [2.05, 4.69) is 86.8 Å². The van der Waals surface area contributed by atoms with Gasteiger partial charge in [-0.15, -0.1) is 10.2 Å². The molecule has 31 heavy (non-hydrogen) atoms. The first-order valence-corrected chi connectivity index (χ1v) is 14.1. The van der Waals surface area contributed by atoms with Crippen LogP contribution in [0.2, 0.25) is 19.6 Å². The smallest absolute Gasteiger partial charge is 0.0706 e. The average molecular weight is 468 g/mol. The molecule has 12 heteroatoms. The highest BCUT2D eigenvalue weighted by molar-refractivity contribution is 7.58. The third kappa shape index (κ3) is 4.27. The van der Waals surface area contributed by atoms with Crippen LogP contribution in [0.1, 0.15) is 6.92 Å². The summed E-state index contributed by atoms with van der Waals surface area (Å²) in [6.45, 7) is 9.37. The van der Waals surface area contributed by atoms with Crippen molar-refractivity contribution in [1.29, 1.82) is 0 Å². The molecule has 1 unspecified atom stereocenters. The van der Waals surface area contributed by atoms with Crippen molar-refractivity contribution in [3.8, 4) is 11.4 Å². The second-order valence-electron chi connectivity index (χ2n) is 8.19. The van der Waals surface area contributed by atoms with Crippen LogP contribution in [0.4, 0.5) is 11.4 Å². The number of nitrogens with zero attached hydrogens (tertiary/aromatic N) is 9. The van der Waals surface area contributed by atoms with Gasteiger partial charge >= 0.3 is 0 Å². The van der Waals surface area contributed by atoms with E-state index < -0.39 is 8.07 Å². The van der Waals surface area contributed by atoms with Crippen LogP contribution in [0.3, 0.4) is 0 Å². The standard InChI is InChI=1S/C19H23N9S2Si/c1-13(31(2,3)4)26(14-5-9-16(10-6-14)27-18(29)20-22-24-27)15-7-11-17(12-8-15)28-19(30)21-23-25-28/h5-13H,1-4H3,(H,20,24,29)(H,21,25,30)/p-2. The van der Waals surface area contributed by atoms with Crippen LogP contribution in [-0.4, -0.2) is 54.2 Å². The van der Waals surface area contributed by atoms with Gasteiger partial charge in [-0.05, 0) is 76.3 Å². The molecule has 4 rings (SSSR count). The topological polar surface area (TPSA) is 90.4 Å². The van der Waals surface area contributed by atoms with Gasteiger partial charge in [0.1, 0.15) is 0 Å². The summed E-state index contributed by atoms with van der Waals surface area (Å²) in [5.74, 6) is 0. The van der Waals surface area contributed by atoms with Gasteiger partial charge in [0.25, 0.3) is 0 Å². The van der Waals surface area contributed by atoms with Crippen LogP contribution in [-0.2, 0) is 25.3 Å². The number of hydrogen-bond donors (Lipinski definition) is 0. The first-order chi connectivity index (χ1) is 14.8. The fraction of sp³-hybridized carbons (Fsp3) is 0.263. The Hall–Kier alpha value is -2.96. The number of hydrogen-bond acceptors (Lipinski definition) is 9. The van der Waals surface area contributed by atoms with Crippen LogP contribution in [0.5, 0.6) is 0 Å². The van der Waals surface area contributed by atoms with Crippen LogP contribution in [0.15, 0.2) is 58.8 Å². The van der Waals surface area contributed by atoms with Gasteiger partial charge in [0, 0.05) is 27.4 Å². The van der Waals surface area contributed by atoms with Gasteiger partial charge in [-0.2, -0.15) is 0 Å². The zero-order valence-corrected chi connectivity index (χ0v) is 20.2. The highest BCUT2D eigenvalue weighted by Crippen LogP contribution is 2.32. The summed E-state index contributed by atoms with van der Waals surface area (Å²) in [6.07, 6.45) is 0. The van der Waals surface area contributed by atoms with E-state index in [1.165, 1.54) is 0 Å². The Morgan fingerprint density at radius 2 is 1.13 bits per heavy atom. The maximum absolute atomic E-state index is 5.17. The molecular formula is C19H21N9S2Si-2. The molecule has 0 aliphatic heterocycles. The molecule has 0 aliphatic rings.